The molecule has 0 aromatic carbocycles. The van der Waals surface area contributed by atoms with Crippen LogP contribution >= 0.6 is 11.3 Å². The van der Waals surface area contributed by atoms with Crippen molar-refractivity contribution in [1.82, 2.24) is 0 Å². The summed E-state index contributed by atoms with van der Waals surface area (Å²) in [5, 5.41) is 4.08. The van der Waals surface area contributed by atoms with Crippen LogP contribution in [0.2, 0.25) is 0 Å². The maximum absolute atomic E-state index is 3.36. The third-order valence-corrected chi connectivity index (χ3v) is 1.05. The van der Waals surface area contributed by atoms with Crippen LogP contribution in [-0.4, -0.2) is 0 Å². The number of rotatable bonds is 0. The fourth-order valence-corrected chi connectivity index (χ4v) is 0.680. The summed E-state index contributed by atoms with van der Waals surface area (Å²) in [6, 6.07) is 4.04. The molecule has 12 heavy (non-hydrogen) atoms. The van der Waals surface area contributed by atoms with Crippen LogP contribution in [0, 0.1) is 0 Å². The first-order valence-electron chi connectivity index (χ1n) is 4.46. The first kappa shape index (κ1) is 17.5. The van der Waals surface area contributed by atoms with E-state index in [0.717, 1.165) is 0 Å². The molecule has 0 aliphatic rings. The Hall–Kier alpha value is -0.560. The Balaban J connectivity index is -0.000000102. The Morgan fingerprint density at radius 1 is 1.00 bits per heavy atom. The summed E-state index contributed by atoms with van der Waals surface area (Å²) in [6.45, 7) is 13.2. The monoisotopic (exact) mass is 186 g/mol. The van der Waals surface area contributed by atoms with Gasteiger partial charge in [0.2, 0.25) is 0 Å². The molecule has 0 N–H and O–H groups in total. The van der Waals surface area contributed by atoms with Gasteiger partial charge < -0.3 is 0 Å². The average Bonchev–Trinajstić information content (AvgIpc) is 2.69. The molecule has 0 aliphatic carbocycles. The Kier molecular flexibility index (Phi) is 45.9. The molecule has 0 unspecified atom stereocenters. The van der Waals surface area contributed by atoms with Crippen molar-refractivity contribution in [3.8, 4) is 0 Å². The predicted molar refractivity (Wildman–Crippen MR) is 62.9 cm³/mol. The van der Waals surface area contributed by atoms with Gasteiger partial charge in [-0.15, -0.1) is 6.58 Å². The second-order valence-electron chi connectivity index (χ2n) is 1.20. The van der Waals surface area contributed by atoms with Gasteiger partial charge in [-0.2, -0.15) is 11.3 Å². The lowest BCUT2D eigenvalue weighted by Crippen LogP contribution is -1.16. The molecule has 1 heteroatoms. The van der Waals surface area contributed by atoms with Crippen molar-refractivity contribution >= 4 is 11.3 Å². The molecule has 0 aliphatic heterocycles. The van der Waals surface area contributed by atoms with Gasteiger partial charge in [-0.25, -0.2) is 0 Å². The lowest BCUT2D eigenvalue weighted by atomic mass is 10.7. The molecule has 0 saturated carbocycles. The summed E-state index contributed by atoms with van der Waals surface area (Å²) in [7, 11) is 0. The SMILES string of the molecule is C=CC.CC.CC.c1ccsc1. The maximum atomic E-state index is 3.36. The summed E-state index contributed by atoms with van der Waals surface area (Å²) < 4.78 is 0. The molecule has 0 atom stereocenters. The third kappa shape index (κ3) is 34.1. The van der Waals surface area contributed by atoms with Crippen LogP contribution in [0.4, 0.5) is 0 Å². The molecule has 1 aromatic heterocycles. The highest BCUT2D eigenvalue weighted by Gasteiger charge is 1.58. The summed E-state index contributed by atoms with van der Waals surface area (Å²) in [5.74, 6) is 0. The molecule has 0 bridgehead atoms. The highest BCUT2D eigenvalue weighted by atomic mass is 32.1. The highest BCUT2D eigenvalue weighted by Crippen LogP contribution is 1.91. The van der Waals surface area contributed by atoms with Crippen LogP contribution in [0.1, 0.15) is 34.6 Å². The van der Waals surface area contributed by atoms with Crippen molar-refractivity contribution in [2.45, 2.75) is 34.6 Å². The van der Waals surface area contributed by atoms with Crippen LogP contribution < -0.4 is 0 Å². The zero-order valence-electron chi connectivity index (χ0n) is 9.00. The van der Waals surface area contributed by atoms with E-state index >= 15 is 0 Å². The van der Waals surface area contributed by atoms with E-state index in [2.05, 4.69) is 6.58 Å². The van der Waals surface area contributed by atoms with Gasteiger partial charge in [-0.05, 0) is 17.7 Å². The number of thiophene rings is 1. The van der Waals surface area contributed by atoms with Crippen LogP contribution in [0.25, 0.3) is 0 Å². The fourth-order valence-electron chi connectivity index (χ4n) is 0.227. The minimum atomic E-state index is 1.71. The number of allylic oxidation sites excluding steroid dienone is 1. The molecule has 72 valence electrons. The molecule has 0 spiro atoms. The van der Waals surface area contributed by atoms with Gasteiger partial charge in [0, 0.05) is 0 Å². The van der Waals surface area contributed by atoms with E-state index < -0.39 is 0 Å². The van der Waals surface area contributed by atoms with Crippen molar-refractivity contribution < 1.29 is 0 Å². The van der Waals surface area contributed by atoms with Gasteiger partial charge in [0.25, 0.3) is 0 Å². The van der Waals surface area contributed by atoms with Crippen LogP contribution in [0.5, 0.6) is 0 Å². The van der Waals surface area contributed by atoms with Gasteiger partial charge in [0.05, 0.1) is 0 Å². The topological polar surface area (TPSA) is 0 Å². The number of hydrogen-bond acceptors (Lipinski definition) is 1. The maximum Gasteiger partial charge on any atom is -0.00934 e. The third-order valence-electron chi connectivity index (χ3n) is 0.425. The van der Waals surface area contributed by atoms with Crippen molar-refractivity contribution in [3.05, 3.63) is 35.5 Å². The van der Waals surface area contributed by atoms with Gasteiger partial charge in [-0.1, -0.05) is 45.9 Å². The van der Waals surface area contributed by atoms with Crippen LogP contribution in [-0.2, 0) is 0 Å². The molecule has 0 fully saturated rings. The Morgan fingerprint density at radius 3 is 1.33 bits per heavy atom. The zero-order chi connectivity index (χ0) is 10.2. The summed E-state index contributed by atoms with van der Waals surface area (Å²) in [4.78, 5) is 0. The van der Waals surface area contributed by atoms with E-state index in [0.29, 0.717) is 0 Å². The summed E-state index contributed by atoms with van der Waals surface area (Å²) in [5.41, 5.74) is 0. The second kappa shape index (κ2) is 31.4. The first-order valence-corrected chi connectivity index (χ1v) is 5.40. The Morgan fingerprint density at radius 2 is 1.25 bits per heavy atom. The quantitative estimate of drug-likeness (QED) is 0.501. The fraction of sp³-hybridized carbons (Fsp3) is 0.455. The van der Waals surface area contributed by atoms with Crippen molar-refractivity contribution in [3.63, 3.8) is 0 Å². The van der Waals surface area contributed by atoms with E-state index in [1.807, 2.05) is 57.5 Å². The zero-order valence-corrected chi connectivity index (χ0v) is 9.82. The van der Waals surface area contributed by atoms with E-state index in [4.69, 9.17) is 0 Å². The molecular weight excluding hydrogens is 164 g/mol. The molecule has 1 aromatic rings. The molecule has 0 nitrogen and oxygen atoms in total. The predicted octanol–water partition coefficient (Wildman–Crippen LogP) is 4.99. The van der Waals surface area contributed by atoms with Crippen molar-refractivity contribution in [1.29, 1.82) is 0 Å². The highest BCUT2D eigenvalue weighted by molar-refractivity contribution is 7.07. The minimum Gasteiger partial charge on any atom is -0.152 e. The minimum absolute atomic E-state index is 1.71. The van der Waals surface area contributed by atoms with Crippen LogP contribution in [0.3, 0.4) is 0 Å². The number of hydrogen-bond donors (Lipinski definition) is 0. The normalized spacial score (nSPS) is 5.42. The van der Waals surface area contributed by atoms with E-state index in [1.54, 1.807) is 17.4 Å². The van der Waals surface area contributed by atoms with Crippen molar-refractivity contribution in [2.75, 3.05) is 0 Å². The average molecular weight is 186 g/mol. The Labute approximate surface area is 82.0 Å². The lowest BCUT2D eigenvalue weighted by Gasteiger charge is -1.39. The lowest BCUT2D eigenvalue weighted by molar-refractivity contribution is 1.50. The largest absolute Gasteiger partial charge is 0.152 e. The van der Waals surface area contributed by atoms with E-state index in [-0.39, 0.29) is 0 Å². The Bertz CT molecular complexity index is 91.3. The molecular formula is C11H22S. The molecule has 0 saturated heterocycles. The smallest absolute Gasteiger partial charge is 0.00934 e. The van der Waals surface area contributed by atoms with Gasteiger partial charge >= 0.3 is 0 Å². The van der Waals surface area contributed by atoms with Gasteiger partial charge in [0.15, 0.2) is 0 Å². The summed E-state index contributed by atoms with van der Waals surface area (Å²) >= 11 is 1.71. The molecule has 0 radical (unpaired) electrons. The van der Waals surface area contributed by atoms with Crippen LogP contribution in [0.15, 0.2) is 35.5 Å². The second-order valence-corrected chi connectivity index (χ2v) is 2.02. The molecule has 1 heterocycles. The summed E-state index contributed by atoms with van der Waals surface area (Å²) in [6.07, 6.45) is 1.75. The molecule has 0 amide bonds. The van der Waals surface area contributed by atoms with Crippen molar-refractivity contribution in [2.24, 2.45) is 0 Å². The molecule has 1 rings (SSSR count). The first-order chi connectivity index (χ1) is 5.91. The van der Waals surface area contributed by atoms with E-state index in [1.165, 1.54) is 0 Å². The van der Waals surface area contributed by atoms with E-state index in [9.17, 15) is 0 Å². The van der Waals surface area contributed by atoms with Gasteiger partial charge in [0.1, 0.15) is 0 Å². The standard InChI is InChI=1S/C4H4S.C3H6.2C2H6/c1-2-4-5-3-1;1-3-2;2*1-2/h1-4H;3H,1H2,2H3;2*1-2H3. The van der Waals surface area contributed by atoms with Gasteiger partial charge in [-0.3, -0.25) is 0 Å².